The molecule has 0 bridgehead atoms. The standard InChI is InChI=1S/C23H24N4O3/c1-16(17-7-3-2-4-8-17)27-15-19(13-22(27)29)23(30)26-20-10-6-5-9-18(20)14-25-21(28)11-12-24/h2-10,16,19H,11,13-15H2,1H3,(H,25,28)(H,26,30). The van der Waals surface area contributed by atoms with Crippen LogP contribution in [0.25, 0.3) is 0 Å². The first kappa shape index (κ1) is 21.1. The molecule has 0 aliphatic carbocycles. The Morgan fingerprint density at radius 3 is 2.60 bits per heavy atom. The maximum atomic E-state index is 12.8. The third-order valence-electron chi connectivity index (χ3n) is 5.27. The maximum absolute atomic E-state index is 12.8. The van der Waals surface area contributed by atoms with E-state index < -0.39 is 5.92 Å². The molecule has 1 aliphatic heterocycles. The molecule has 2 aromatic rings. The van der Waals surface area contributed by atoms with Crippen LogP contribution in [0.2, 0.25) is 0 Å². The molecular weight excluding hydrogens is 380 g/mol. The number of nitrogens with one attached hydrogen (secondary N) is 2. The molecular formula is C23H24N4O3. The van der Waals surface area contributed by atoms with E-state index in [1.54, 1.807) is 29.2 Å². The molecule has 0 aromatic heterocycles. The van der Waals surface area contributed by atoms with Crippen LogP contribution in [-0.2, 0) is 20.9 Å². The Balaban J connectivity index is 1.64. The summed E-state index contributed by atoms with van der Waals surface area (Å²) in [6.45, 7) is 2.53. The summed E-state index contributed by atoms with van der Waals surface area (Å²) < 4.78 is 0. The molecule has 2 unspecified atom stereocenters. The van der Waals surface area contributed by atoms with Crippen LogP contribution in [0.4, 0.5) is 5.69 Å². The van der Waals surface area contributed by atoms with Gasteiger partial charge in [-0.25, -0.2) is 0 Å². The fourth-order valence-corrected chi connectivity index (χ4v) is 3.55. The Bertz CT molecular complexity index is 968. The fraction of sp³-hybridized carbons (Fsp3) is 0.304. The highest BCUT2D eigenvalue weighted by molar-refractivity contribution is 5.97. The fourth-order valence-electron chi connectivity index (χ4n) is 3.55. The number of nitriles is 1. The molecule has 154 valence electrons. The van der Waals surface area contributed by atoms with Crippen LogP contribution in [0.15, 0.2) is 54.6 Å². The zero-order valence-corrected chi connectivity index (χ0v) is 16.8. The smallest absolute Gasteiger partial charge is 0.234 e. The molecule has 7 heteroatoms. The first-order valence-electron chi connectivity index (χ1n) is 9.86. The summed E-state index contributed by atoms with van der Waals surface area (Å²) in [6.07, 6.45) is -0.0434. The molecule has 0 radical (unpaired) electrons. The number of nitrogens with zero attached hydrogens (tertiary/aromatic N) is 2. The predicted molar refractivity (Wildman–Crippen MR) is 112 cm³/mol. The highest BCUT2D eigenvalue weighted by atomic mass is 16.2. The minimum atomic E-state index is -0.440. The Morgan fingerprint density at radius 1 is 1.17 bits per heavy atom. The number of anilines is 1. The summed E-state index contributed by atoms with van der Waals surface area (Å²) in [5.74, 6) is -1.07. The highest BCUT2D eigenvalue weighted by Crippen LogP contribution is 2.29. The molecule has 0 spiro atoms. The summed E-state index contributed by atoms with van der Waals surface area (Å²) in [5.41, 5.74) is 2.35. The van der Waals surface area contributed by atoms with Gasteiger partial charge in [0.1, 0.15) is 6.42 Å². The molecule has 2 aromatic carbocycles. The number of benzene rings is 2. The third-order valence-corrected chi connectivity index (χ3v) is 5.27. The zero-order chi connectivity index (χ0) is 21.5. The molecule has 2 N–H and O–H groups in total. The number of amides is 3. The summed E-state index contributed by atoms with van der Waals surface area (Å²) >= 11 is 0. The summed E-state index contributed by atoms with van der Waals surface area (Å²) in [6, 6.07) is 18.6. The number of carbonyl (C=O) groups is 3. The van der Waals surface area contributed by atoms with Crippen molar-refractivity contribution in [3.8, 4) is 6.07 Å². The number of para-hydroxylation sites is 1. The van der Waals surface area contributed by atoms with Crippen molar-refractivity contribution in [1.82, 2.24) is 10.2 Å². The number of likely N-dealkylation sites (tertiary alicyclic amines) is 1. The van der Waals surface area contributed by atoms with E-state index >= 15 is 0 Å². The van der Waals surface area contributed by atoms with Gasteiger partial charge in [-0.2, -0.15) is 5.26 Å². The van der Waals surface area contributed by atoms with E-state index in [0.29, 0.717) is 12.2 Å². The Labute approximate surface area is 175 Å². The minimum Gasteiger partial charge on any atom is -0.351 e. The van der Waals surface area contributed by atoms with Gasteiger partial charge < -0.3 is 15.5 Å². The highest BCUT2D eigenvalue weighted by Gasteiger charge is 2.37. The van der Waals surface area contributed by atoms with Gasteiger partial charge in [0.15, 0.2) is 0 Å². The maximum Gasteiger partial charge on any atom is 0.234 e. The third kappa shape index (κ3) is 5.03. The monoisotopic (exact) mass is 404 g/mol. The van der Waals surface area contributed by atoms with E-state index in [4.69, 9.17) is 5.26 Å². The molecule has 30 heavy (non-hydrogen) atoms. The van der Waals surface area contributed by atoms with E-state index in [1.165, 1.54) is 0 Å². The normalized spacial score (nSPS) is 16.6. The predicted octanol–water partition coefficient (Wildman–Crippen LogP) is 2.76. The molecule has 0 saturated carbocycles. The Hall–Kier alpha value is -3.66. The van der Waals surface area contributed by atoms with Gasteiger partial charge in [-0.15, -0.1) is 0 Å². The topological polar surface area (TPSA) is 102 Å². The number of rotatable bonds is 7. The zero-order valence-electron chi connectivity index (χ0n) is 16.8. The van der Waals surface area contributed by atoms with Crippen molar-refractivity contribution in [2.45, 2.75) is 32.4 Å². The van der Waals surface area contributed by atoms with Crippen molar-refractivity contribution in [3.63, 3.8) is 0 Å². The van der Waals surface area contributed by atoms with E-state index in [1.807, 2.05) is 43.3 Å². The van der Waals surface area contributed by atoms with Gasteiger partial charge in [0.25, 0.3) is 0 Å². The van der Waals surface area contributed by atoms with Crippen molar-refractivity contribution >= 4 is 23.4 Å². The Morgan fingerprint density at radius 2 is 1.87 bits per heavy atom. The first-order valence-corrected chi connectivity index (χ1v) is 9.86. The number of hydrogen-bond donors (Lipinski definition) is 2. The molecule has 2 atom stereocenters. The second kappa shape index (κ2) is 9.70. The van der Waals surface area contributed by atoms with Crippen LogP contribution in [-0.4, -0.2) is 29.2 Å². The number of hydrogen-bond acceptors (Lipinski definition) is 4. The quantitative estimate of drug-likeness (QED) is 0.741. The van der Waals surface area contributed by atoms with Crippen LogP contribution in [0.1, 0.15) is 36.9 Å². The molecule has 3 rings (SSSR count). The van der Waals surface area contributed by atoms with Gasteiger partial charge in [0, 0.05) is 25.2 Å². The summed E-state index contributed by atoms with van der Waals surface area (Å²) in [7, 11) is 0. The first-order chi connectivity index (χ1) is 14.5. The summed E-state index contributed by atoms with van der Waals surface area (Å²) in [5, 5.41) is 14.1. The summed E-state index contributed by atoms with van der Waals surface area (Å²) in [4.78, 5) is 38.7. The van der Waals surface area contributed by atoms with Crippen LogP contribution in [0.5, 0.6) is 0 Å². The average molecular weight is 404 g/mol. The minimum absolute atomic E-state index is 0.0384. The van der Waals surface area contributed by atoms with Crippen LogP contribution < -0.4 is 10.6 Å². The lowest BCUT2D eigenvalue weighted by atomic mass is 10.1. The molecule has 7 nitrogen and oxygen atoms in total. The van der Waals surface area contributed by atoms with Gasteiger partial charge in [-0.3, -0.25) is 14.4 Å². The lowest BCUT2D eigenvalue weighted by Gasteiger charge is -2.25. The van der Waals surface area contributed by atoms with Crippen molar-refractivity contribution in [2.24, 2.45) is 5.92 Å². The van der Waals surface area contributed by atoms with E-state index in [-0.39, 0.29) is 43.1 Å². The largest absolute Gasteiger partial charge is 0.351 e. The lowest BCUT2D eigenvalue weighted by Crippen LogP contribution is -2.31. The SMILES string of the molecule is CC(c1ccccc1)N1CC(C(=O)Nc2ccccc2CNC(=O)CC#N)CC1=O. The number of carbonyl (C=O) groups excluding carboxylic acids is 3. The lowest BCUT2D eigenvalue weighted by molar-refractivity contribution is -0.129. The van der Waals surface area contributed by atoms with E-state index in [2.05, 4.69) is 10.6 Å². The molecule has 1 saturated heterocycles. The van der Waals surface area contributed by atoms with Crippen LogP contribution in [0.3, 0.4) is 0 Å². The Kier molecular flexibility index (Phi) is 6.81. The molecule has 1 aliphatic rings. The molecule has 1 heterocycles. The van der Waals surface area contributed by atoms with Crippen molar-refractivity contribution in [2.75, 3.05) is 11.9 Å². The second-order valence-corrected chi connectivity index (χ2v) is 7.29. The van der Waals surface area contributed by atoms with Crippen molar-refractivity contribution in [1.29, 1.82) is 5.26 Å². The van der Waals surface area contributed by atoms with Crippen molar-refractivity contribution < 1.29 is 14.4 Å². The van der Waals surface area contributed by atoms with E-state index in [9.17, 15) is 14.4 Å². The van der Waals surface area contributed by atoms with E-state index in [0.717, 1.165) is 11.1 Å². The molecule has 3 amide bonds. The van der Waals surface area contributed by atoms with Gasteiger partial charge in [0.2, 0.25) is 17.7 Å². The second-order valence-electron chi connectivity index (χ2n) is 7.29. The van der Waals surface area contributed by atoms with Gasteiger partial charge >= 0.3 is 0 Å². The van der Waals surface area contributed by atoms with Crippen molar-refractivity contribution in [3.05, 3.63) is 65.7 Å². The van der Waals surface area contributed by atoms with Crippen LogP contribution >= 0.6 is 0 Å². The van der Waals surface area contributed by atoms with Gasteiger partial charge in [-0.05, 0) is 24.1 Å². The molecule has 1 fully saturated rings. The van der Waals surface area contributed by atoms with Gasteiger partial charge in [-0.1, -0.05) is 48.5 Å². The van der Waals surface area contributed by atoms with Crippen LogP contribution in [0, 0.1) is 17.2 Å². The van der Waals surface area contributed by atoms with Gasteiger partial charge in [0.05, 0.1) is 18.0 Å². The average Bonchev–Trinajstić information content (AvgIpc) is 3.15.